The van der Waals surface area contributed by atoms with Crippen molar-refractivity contribution in [2.45, 2.75) is 6.92 Å². The van der Waals surface area contributed by atoms with Gasteiger partial charge in [0.05, 0.1) is 5.39 Å². The van der Waals surface area contributed by atoms with Crippen molar-refractivity contribution in [2.24, 2.45) is 0 Å². The van der Waals surface area contributed by atoms with E-state index in [0.717, 1.165) is 39.4 Å². The molecule has 2 aromatic heterocycles. The van der Waals surface area contributed by atoms with Crippen LogP contribution in [0.4, 0.5) is 15.9 Å². The standard InChI is InChI=1S/C20H15ClFN3S/c1-2-25(15-6-4-3-5-7-15)18-17-16(13-8-10-14(22)11-9-13)12-26-19(17)24-20(21)23-18/h3-12H,2H2,1H3. The molecule has 4 rings (SSSR count). The summed E-state index contributed by atoms with van der Waals surface area (Å²) in [5.74, 6) is 0.501. The summed E-state index contributed by atoms with van der Waals surface area (Å²) in [6, 6.07) is 16.5. The van der Waals surface area contributed by atoms with Gasteiger partial charge in [0.15, 0.2) is 0 Å². The fourth-order valence-electron chi connectivity index (χ4n) is 3.00. The summed E-state index contributed by atoms with van der Waals surface area (Å²) in [5, 5.41) is 3.16. The maximum atomic E-state index is 13.3. The molecule has 6 heteroatoms. The molecule has 0 aliphatic rings. The molecule has 0 unspecified atom stereocenters. The average molecular weight is 384 g/mol. The number of para-hydroxylation sites is 1. The van der Waals surface area contributed by atoms with Gasteiger partial charge in [0.25, 0.3) is 0 Å². The predicted molar refractivity (Wildman–Crippen MR) is 107 cm³/mol. The minimum Gasteiger partial charge on any atom is -0.326 e. The Morgan fingerprint density at radius 2 is 1.77 bits per heavy atom. The molecule has 0 radical (unpaired) electrons. The minimum atomic E-state index is -0.257. The third-order valence-electron chi connectivity index (χ3n) is 4.18. The summed E-state index contributed by atoms with van der Waals surface area (Å²) in [5.41, 5.74) is 2.93. The lowest BCUT2D eigenvalue weighted by atomic mass is 10.1. The van der Waals surface area contributed by atoms with Crippen LogP contribution in [0, 0.1) is 5.82 Å². The Morgan fingerprint density at radius 3 is 2.46 bits per heavy atom. The highest BCUT2D eigenvalue weighted by Crippen LogP contribution is 2.40. The smallest absolute Gasteiger partial charge is 0.225 e. The first-order chi connectivity index (χ1) is 12.7. The highest BCUT2D eigenvalue weighted by atomic mass is 35.5. The molecule has 0 aliphatic carbocycles. The number of benzene rings is 2. The number of anilines is 2. The molecule has 0 spiro atoms. The van der Waals surface area contributed by atoms with Gasteiger partial charge in [-0.05, 0) is 48.4 Å². The molecule has 130 valence electrons. The molecule has 2 heterocycles. The van der Waals surface area contributed by atoms with E-state index < -0.39 is 0 Å². The first-order valence-corrected chi connectivity index (χ1v) is 9.46. The van der Waals surface area contributed by atoms with Crippen LogP contribution in [0.1, 0.15) is 6.92 Å². The summed E-state index contributed by atoms with van der Waals surface area (Å²) >= 11 is 7.70. The van der Waals surface area contributed by atoms with E-state index in [1.54, 1.807) is 12.1 Å². The van der Waals surface area contributed by atoms with Crippen LogP contribution in [0.3, 0.4) is 0 Å². The highest BCUT2D eigenvalue weighted by molar-refractivity contribution is 7.17. The first-order valence-electron chi connectivity index (χ1n) is 8.20. The van der Waals surface area contributed by atoms with Gasteiger partial charge in [-0.25, -0.2) is 9.37 Å². The Balaban J connectivity index is 1.96. The third-order valence-corrected chi connectivity index (χ3v) is 5.22. The van der Waals surface area contributed by atoms with Crippen molar-refractivity contribution < 1.29 is 4.39 Å². The lowest BCUT2D eigenvalue weighted by Gasteiger charge is -2.23. The fraction of sp³-hybridized carbons (Fsp3) is 0.100. The number of hydrogen-bond acceptors (Lipinski definition) is 4. The lowest BCUT2D eigenvalue weighted by Crippen LogP contribution is -2.18. The van der Waals surface area contributed by atoms with Crippen molar-refractivity contribution >= 4 is 44.7 Å². The molecule has 4 aromatic rings. The lowest BCUT2D eigenvalue weighted by molar-refractivity contribution is 0.628. The SMILES string of the molecule is CCN(c1ccccc1)c1nc(Cl)nc2scc(-c3ccc(F)cc3)c12. The zero-order valence-corrected chi connectivity index (χ0v) is 15.6. The fourth-order valence-corrected chi connectivity index (χ4v) is 4.15. The molecule has 0 aliphatic heterocycles. The molecule has 0 atom stereocenters. The highest BCUT2D eigenvalue weighted by Gasteiger charge is 2.19. The van der Waals surface area contributed by atoms with Gasteiger partial charge in [-0.2, -0.15) is 4.98 Å². The van der Waals surface area contributed by atoms with E-state index in [2.05, 4.69) is 21.8 Å². The van der Waals surface area contributed by atoms with Gasteiger partial charge in [0, 0.05) is 23.2 Å². The van der Waals surface area contributed by atoms with Crippen molar-refractivity contribution in [1.29, 1.82) is 0 Å². The van der Waals surface area contributed by atoms with Gasteiger partial charge in [0.2, 0.25) is 5.28 Å². The number of rotatable bonds is 4. The van der Waals surface area contributed by atoms with Crippen LogP contribution in [-0.4, -0.2) is 16.5 Å². The van der Waals surface area contributed by atoms with Crippen LogP contribution in [0.15, 0.2) is 60.0 Å². The molecular weight excluding hydrogens is 369 g/mol. The molecule has 26 heavy (non-hydrogen) atoms. The summed E-state index contributed by atoms with van der Waals surface area (Å²) in [6.45, 7) is 2.80. The maximum Gasteiger partial charge on any atom is 0.225 e. The first kappa shape index (κ1) is 16.9. The van der Waals surface area contributed by atoms with Gasteiger partial charge in [-0.3, -0.25) is 0 Å². The van der Waals surface area contributed by atoms with Gasteiger partial charge in [-0.1, -0.05) is 30.3 Å². The maximum absolute atomic E-state index is 13.3. The van der Waals surface area contributed by atoms with E-state index in [1.165, 1.54) is 23.5 Å². The van der Waals surface area contributed by atoms with E-state index in [0.29, 0.717) is 0 Å². The summed E-state index contributed by atoms with van der Waals surface area (Å²) in [4.78, 5) is 11.8. The Labute approximate surface area is 159 Å². The van der Waals surface area contributed by atoms with Gasteiger partial charge < -0.3 is 4.90 Å². The molecule has 0 N–H and O–H groups in total. The topological polar surface area (TPSA) is 29.0 Å². The number of hydrogen-bond donors (Lipinski definition) is 0. The molecule has 0 saturated heterocycles. The second kappa shape index (κ2) is 7.02. The van der Waals surface area contributed by atoms with E-state index in [1.807, 2.05) is 35.7 Å². The zero-order chi connectivity index (χ0) is 18.1. The molecule has 3 nitrogen and oxygen atoms in total. The Morgan fingerprint density at radius 1 is 1.04 bits per heavy atom. The normalized spacial score (nSPS) is 11.0. The molecule has 0 fully saturated rings. The summed E-state index contributed by atoms with van der Waals surface area (Å²) in [6.07, 6.45) is 0. The van der Waals surface area contributed by atoms with Crippen molar-refractivity contribution in [3.63, 3.8) is 0 Å². The van der Waals surface area contributed by atoms with Crippen molar-refractivity contribution in [1.82, 2.24) is 9.97 Å². The van der Waals surface area contributed by atoms with Crippen LogP contribution in [0.2, 0.25) is 5.28 Å². The molecule has 2 aromatic carbocycles. The third kappa shape index (κ3) is 3.04. The van der Waals surface area contributed by atoms with Crippen LogP contribution < -0.4 is 4.90 Å². The second-order valence-corrected chi connectivity index (χ2v) is 6.93. The quantitative estimate of drug-likeness (QED) is 0.387. The molecular formula is C20H15ClFN3S. The Hall–Kier alpha value is -2.50. The average Bonchev–Trinajstić information content (AvgIpc) is 3.07. The molecule has 0 saturated carbocycles. The van der Waals surface area contributed by atoms with Crippen LogP contribution in [0.5, 0.6) is 0 Å². The van der Waals surface area contributed by atoms with Crippen LogP contribution >= 0.6 is 22.9 Å². The minimum absolute atomic E-state index is 0.217. The van der Waals surface area contributed by atoms with Crippen LogP contribution in [-0.2, 0) is 0 Å². The van der Waals surface area contributed by atoms with Gasteiger partial charge in [-0.15, -0.1) is 11.3 Å². The van der Waals surface area contributed by atoms with E-state index in [4.69, 9.17) is 11.6 Å². The number of thiophene rings is 1. The number of fused-ring (bicyclic) bond motifs is 1. The van der Waals surface area contributed by atoms with Gasteiger partial charge >= 0.3 is 0 Å². The van der Waals surface area contributed by atoms with Crippen LogP contribution in [0.25, 0.3) is 21.3 Å². The number of aromatic nitrogens is 2. The number of nitrogens with zero attached hydrogens (tertiary/aromatic N) is 3. The Kier molecular flexibility index (Phi) is 4.57. The summed E-state index contributed by atoms with van der Waals surface area (Å²) < 4.78 is 13.3. The zero-order valence-electron chi connectivity index (χ0n) is 14.0. The van der Waals surface area contributed by atoms with Crippen molar-refractivity contribution in [3.05, 3.63) is 71.1 Å². The van der Waals surface area contributed by atoms with Gasteiger partial charge in [0.1, 0.15) is 16.5 Å². The predicted octanol–water partition coefficient (Wildman–Crippen LogP) is 6.31. The van der Waals surface area contributed by atoms with Crippen molar-refractivity contribution in [2.75, 3.05) is 11.4 Å². The Bertz CT molecular complexity index is 1050. The molecule has 0 amide bonds. The van der Waals surface area contributed by atoms with E-state index in [-0.39, 0.29) is 11.1 Å². The second-order valence-electron chi connectivity index (χ2n) is 5.73. The summed E-state index contributed by atoms with van der Waals surface area (Å²) in [7, 11) is 0. The van der Waals surface area contributed by atoms with E-state index in [9.17, 15) is 4.39 Å². The number of halogens is 2. The molecule has 0 bridgehead atoms. The van der Waals surface area contributed by atoms with E-state index >= 15 is 0 Å². The largest absolute Gasteiger partial charge is 0.326 e. The monoisotopic (exact) mass is 383 g/mol. The van der Waals surface area contributed by atoms with Crippen molar-refractivity contribution in [3.8, 4) is 11.1 Å².